The van der Waals surface area contributed by atoms with Gasteiger partial charge in [0.25, 0.3) is 6.43 Å². The molecule has 1 fully saturated rings. The van der Waals surface area contributed by atoms with E-state index in [-0.39, 0.29) is 11.6 Å². The summed E-state index contributed by atoms with van der Waals surface area (Å²) < 4.78 is 46.9. The molecule has 0 saturated carbocycles. The molecule has 0 amide bonds. The van der Waals surface area contributed by atoms with E-state index in [2.05, 4.69) is 15.5 Å². The van der Waals surface area contributed by atoms with Gasteiger partial charge in [0.15, 0.2) is 5.82 Å². The summed E-state index contributed by atoms with van der Waals surface area (Å²) in [5.41, 5.74) is 3.32. The van der Waals surface area contributed by atoms with Crippen molar-refractivity contribution >= 4 is 5.82 Å². The number of halogens is 3. The summed E-state index contributed by atoms with van der Waals surface area (Å²) in [6.07, 6.45) is -2.52. The Morgan fingerprint density at radius 2 is 2.03 bits per heavy atom. The predicted molar refractivity (Wildman–Crippen MR) is 105 cm³/mol. The molecule has 3 heterocycles. The molecule has 156 valence electrons. The highest BCUT2D eigenvalue weighted by Crippen LogP contribution is 2.36. The fraction of sp³-hybridized carbons (Fsp3) is 0.524. The maximum Gasteiger partial charge on any atom is 0.264 e. The molecule has 1 aromatic carbocycles. The molecule has 0 unspecified atom stereocenters. The van der Waals surface area contributed by atoms with Crippen LogP contribution in [0.25, 0.3) is 11.3 Å². The highest BCUT2D eigenvalue weighted by atomic mass is 19.3. The maximum absolute atomic E-state index is 14.0. The molecule has 0 aliphatic carbocycles. The summed E-state index contributed by atoms with van der Waals surface area (Å²) in [5, 5.41) is 11.9. The monoisotopic (exact) mass is 406 g/mol. The van der Waals surface area contributed by atoms with E-state index in [0.29, 0.717) is 56.2 Å². The molecule has 0 bridgehead atoms. The first-order chi connectivity index (χ1) is 13.9. The number of aryl methyl sites for hydroxylation is 1. The van der Waals surface area contributed by atoms with Gasteiger partial charge in [-0.2, -0.15) is 0 Å². The summed E-state index contributed by atoms with van der Waals surface area (Å²) in [5.74, 6) is 0.557. The van der Waals surface area contributed by atoms with Crippen molar-refractivity contribution in [2.75, 3.05) is 32.1 Å². The fourth-order valence-corrected chi connectivity index (χ4v) is 4.24. The minimum Gasteiger partial charge on any atom is -0.376 e. The largest absolute Gasteiger partial charge is 0.376 e. The first-order valence-corrected chi connectivity index (χ1v) is 9.86. The van der Waals surface area contributed by atoms with Gasteiger partial charge in [0.05, 0.1) is 18.9 Å². The average Bonchev–Trinajstić information content (AvgIpc) is 2.68. The Bertz CT molecular complexity index is 882. The number of hydrogen-bond acceptors (Lipinski definition) is 5. The first kappa shape index (κ1) is 20.1. The number of rotatable bonds is 4. The molecule has 29 heavy (non-hydrogen) atoms. The van der Waals surface area contributed by atoms with Gasteiger partial charge >= 0.3 is 0 Å². The molecule has 5 nitrogen and oxygen atoms in total. The van der Waals surface area contributed by atoms with Crippen LogP contribution in [-0.4, -0.2) is 54.1 Å². The maximum atomic E-state index is 14.0. The van der Waals surface area contributed by atoms with E-state index in [0.717, 1.165) is 16.7 Å². The number of anilines is 1. The Morgan fingerprint density at radius 1 is 1.21 bits per heavy atom. The van der Waals surface area contributed by atoms with E-state index in [1.165, 1.54) is 6.07 Å². The highest BCUT2D eigenvalue weighted by molar-refractivity contribution is 5.71. The second kappa shape index (κ2) is 8.28. The lowest BCUT2D eigenvalue weighted by Gasteiger charge is -2.33. The first-order valence-electron chi connectivity index (χ1n) is 9.86. The number of hydrogen-bond donors (Lipinski definition) is 1. The second-order valence-electron chi connectivity index (χ2n) is 7.94. The molecule has 4 rings (SSSR count). The van der Waals surface area contributed by atoms with Crippen molar-refractivity contribution in [2.24, 2.45) is 0 Å². The Labute approximate surface area is 168 Å². The molecule has 2 aromatic rings. The molecule has 1 aromatic heterocycles. The smallest absolute Gasteiger partial charge is 0.264 e. The molecular formula is C21H25F3N4O. The molecular weight excluding hydrogens is 381 g/mol. The number of aromatic nitrogens is 2. The van der Waals surface area contributed by atoms with Crippen molar-refractivity contribution in [2.45, 2.75) is 45.0 Å². The lowest BCUT2D eigenvalue weighted by Crippen LogP contribution is -2.45. The van der Waals surface area contributed by atoms with Crippen LogP contribution in [0, 0.1) is 6.92 Å². The molecule has 8 heteroatoms. The molecule has 1 N–H and O–H groups in total. The number of ether oxygens (including phenoxy) is 1. The lowest BCUT2D eigenvalue weighted by molar-refractivity contribution is 0.110. The van der Waals surface area contributed by atoms with Crippen molar-refractivity contribution < 1.29 is 17.9 Å². The van der Waals surface area contributed by atoms with Gasteiger partial charge in [-0.05, 0) is 32.0 Å². The van der Waals surface area contributed by atoms with Crippen LogP contribution in [0.2, 0.25) is 0 Å². The van der Waals surface area contributed by atoms with E-state index < -0.39 is 12.6 Å². The molecule has 0 radical (unpaired) electrons. The number of nitrogens with zero attached hydrogens (tertiary/aromatic N) is 3. The van der Waals surface area contributed by atoms with E-state index >= 15 is 0 Å². The Morgan fingerprint density at radius 3 is 2.79 bits per heavy atom. The van der Waals surface area contributed by atoms with Gasteiger partial charge in [0.1, 0.15) is 6.17 Å². The third kappa shape index (κ3) is 4.23. The van der Waals surface area contributed by atoms with Crippen LogP contribution in [0.1, 0.15) is 35.1 Å². The Hall–Kier alpha value is -2.19. The number of likely N-dealkylation sites (N-methyl/N-ethyl adjacent to an activating group) is 1. The highest BCUT2D eigenvalue weighted by Gasteiger charge is 2.28. The van der Waals surface area contributed by atoms with E-state index in [1.807, 2.05) is 11.9 Å². The van der Waals surface area contributed by atoms with Crippen molar-refractivity contribution in [1.82, 2.24) is 15.1 Å². The summed E-state index contributed by atoms with van der Waals surface area (Å²) in [6, 6.07) is 4.90. The minimum absolute atomic E-state index is 0.0390. The summed E-state index contributed by atoms with van der Waals surface area (Å²) >= 11 is 0. The van der Waals surface area contributed by atoms with Crippen molar-refractivity contribution in [3.8, 4) is 11.3 Å². The van der Waals surface area contributed by atoms with E-state index in [4.69, 9.17) is 4.74 Å². The third-order valence-electron chi connectivity index (χ3n) is 5.55. The summed E-state index contributed by atoms with van der Waals surface area (Å²) in [7, 11) is 1.89. The van der Waals surface area contributed by atoms with Crippen LogP contribution < -0.4 is 5.32 Å². The van der Waals surface area contributed by atoms with Crippen molar-refractivity contribution in [3.05, 3.63) is 40.5 Å². The molecule has 2 aliphatic heterocycles. The second-order valence-corrected chi connectivity index (χ2v) is 7.94. The SMILES string of the molecule is Cc1ccc(-c2nnc(N[C@@H]3C[C@@H](F)CN(C)C3)c3c2CCOC3)c(C(F)F)c1. The van der Waals surface area contributed by atoms with Gasteiger partial charge in [0, 0.05) is 42.2 Å². The predicted octanol–water partition coefficient (Wildman–Crippen LogP) is 3.92. The topological polar surface area (TPSA) is 50.3 Å². The Balaban J connectivity index is 1.72. The van der Waals surface area contributed by atoms with Gasteiger partial charge < -0.3 is 15.0 Å². The van der Waals surface area contributed by atoms with Gasteiger partial charge in [-0.25, -0.2) is 13.2 Å². The number of alkyl halides is 3. The number of piperidine rings is 1. The van der Waals surface area contributed by atoms with Gasteiger partial charge in [-0.1, -0.05) is 17.7 Å². The van der Waals surface area contributed by atoms with Crippen LogP contribution >= 0.6 is 0 Å². The number of fused-ring (bicyclic) bond motifs is 1. The zero-order valence-electron chi connectivity index (χ0n) is 16.6. The van der Waals surface area contributed by atoms with Crippen LogP contribution in [0.3, 0.4) is 0 Å². The van der Waals surface area contributed by atoms with Crippen LogP contribution in [0.15, 0.2) is 18.2 Å². The fourth-order valence-electron chi connectivity index (χ4n) is 4.24. The average molecular weight is 406 g/mol. The van der Waals surface area contributed by atoms with Crippen LogP contribution in [0.5, 0.6) is 0 Å². The molecule has 2 atom stereocenters. The standard InChI is InChI=1S/C21H25F3N4O/c1-12-3-4-15(17(7-12)20(23)24)19-16-5-6-29-11-18(16)21(27-26-19)25-14-8-13(22)9-28(2)10-14/h3-4,7,13-14,20H,5-6,8-11H2,1-2H3,(H,25,27)/t13-,14-/m1/s1. The van der Waals surface area contributed by atoms with Crippen LogP contribution in [0.4, 0.5) is 19.0 Å². The third-order valence-corrected chi connectivity index (χ3v) is 5.55. The molecule has 1 saturated heterocycles. The van der Waals surface area contributed by atoms with Crippen LogP contribution in [-0.2, 0) is 17.8 Å². The lowest BCUT2D eigenvalue weighted by atomic mass is 9.94. The Kier molecular flexibility index (Phi) is 5.74. The zero-order chi connectivity index (χ0) is 20.5. The van der Waals surface area contributed by atoms with Gasteiger partial charge in [0.2, 0.25) is 0 Å². The number of nitrogens with one attached hydrogen (secondary N) is 1. The summed E-state index contributed by atoms with van der Waals surface area (Å²) in [6.45, 7) is 3.75. The summed E-state index contributed by atoms with van der Waals surface area (Å²) in [4.78, 5) is 1.94. The molecule has 2 aliphatic rings. The normalized spacial score (nSPS) is 22.6. The van der Waals surface area contributed by atoms with E-state index in [9.17, 15) is 13.2 Å². The quantitative estimate of drug-likeness (QED) is 0.834. The minimum atomic E-state index is -2.60. The van der Waals surface area contributed by atoms with Crippen molar-refractivity contribution in [3.63, 3.8) is 0 Å². The van der Waals surface area contributed by atoms with E-state index in [1.54, 1.807) is 19.1 Å². The number of benzene rings is 1. The number of likely N-dealkylation sites (tertiary alicyclic amines) is 1. The molecule has 0 spiro atoms. The van der Waals surface area contributed by atoms with Gasteiger partial charge in [-0.3, -0.25) is 0 Å². The van der Waals surface area contributed by atoms with Crippen molar-refractivity contribution in [1.29, 1.82) is 0 Å². The zero-order valence-corrected chi connectivity index (χ0v) is 16.6. The van der Waals surface area contributed by atoms with Gasteiger partial charge in [-0.15, -0.1) is 10.2 Å².